The molecule has 2 aromatic carbocycles. The van der Waals surface area contributed by atoms with Crippen molar-refractivity contribution in [2.75, 3.05) is 39.4 Å². The van der Waals surface area contributed by atoms with Gasteiger partial charge < -0.3 is 4.74 Å². The summed E-state index contributed by atoms with van der Waals surface area (Å²) in [5.41, 5.74) is 2.21. The molecule has 0 atom stereocenters. The van der Waals surface area contributed by atoms with Crippen molar-refractivity contribution < 1.29 is 4.74 Å². The van der Waals surface area contributed by atoms with Gasteiger partial charge in [0, 0.05) is 25.2 Å². The number of morpholine rings is 1. The third-order valence-electron chi connectivity index (χ3n) is 4.36. The van der Waals surface area contributed by atoms with Gasteiger partial charge in [-0.3, -0.25) is 9.89 Å². The van der Waals surface area contributed by atoms with E-state index in [1.54, 1.807) is 11.5 Å². The van der Waals surface area contributed by atoms with Crippen molar-refractivity contribution in [3.8, 4) is 17.1 Å². The largest absolute Gasteiger partial charge is 0.379 e. The maximum Gasteiger partial charge on any atom is 0.223 e. The van der Waals surface area contributed by atoms with Crippen LogP contribution in [0.4, 0.5) is 0 Å². The Kier molecular flexibility index (Phi) is 5.54. The van der Waals surface area contributed by atoms with Crippen LogP contribution in [0.3, 0.4) is 0 Å². The van der Waals surface area contributed by atoms with Crippen molar-refractivity contribution in [2.24, 2.45) is 4.99 Å². The fourth-order valence-corrected chi connectivity index (χ4v) is 3.86. The highest BCUT2D eigenvalue weighted by Gasteiger charge is 2.11. The van der Waals surface area contributed by atoms with E-state index < -0.39 is 0 Å². The van der Waals surface area contributed by atoms with Crippen LogP contribution < -0.4 is 4.80 Å². The van der Waals surface area contributed by atoms with E-state index in [0.717, 1.165) is 61.3 Å². The third kappa shape index (κ3) is 4.09. The molecule has 1 saturated heterocycles. The number of hydrogen-bond acceptors (Lipinski definition) is 5. The molecular formula is C20H22N4OS. The van der Waals surface area contributed by atoms with Crippen molar-refractivity contribution in [2.45, 2.75) is 0 Å². The van der Waals surface area contributed by atoms with Crippen molar-refractivity contribution >= 4 is 11.5 Å². The number of benzene rings is 2. The maximum atomic E-state index is 5.40. The van der Waals surface area contributed by atoms with Crippen LogP contribution >= 0.6 is 11.5 Å². The molecule has 0 N–H and O–H groups in total. The van der Waals surface area contributed by atoms with Gasteiger partial charge in [0.15, 0.2) is 5.82 Å². The van der Waals surface area contributed by atoms with Crippen LogP contribution in [0.2, 0.25) is 0 Å². The summed E-state index contributed by atoms with van der Waals surface area (Å²) in [5, 5.41) is 0. The highest BCUT2D eigenvalue weighted by Crippen LogP contribution is 2.21. The molecule has 0 amide bonds. The lowest BCUT2D eigenvalue weighted by molar-refractivity contribution is 0.0394. The number of aromatic nitrogens is 2. The third-order valence-corrected chi connectivity index (χ3v) is 5.31. The molecule has 0 radical (unpaired) electrons. The minimum atomic E-state index is 0.760. The van der Waals surface area contributed by atoms with Crippen LogP contribution in [-0.4, -0.2) is 53.2 Å². The second kappa shape index (κ2) is 8.40. The summed E-state index contributed by atoms with van der Waals surface area (Å²) in [6.07, 6.45) is 0. The molecule has 134 valence electrons. The molecule has 0 aliphatic carbocycles. The fourth-order valence-electron chi connectivity index (χ4n) is 2.96. The number of hydrogen-bond donors (Lipinski definition) is 0. The Morgan fingerprint density at radius 1 is 0.962 bits per heavy atom. The summed E-state index contributed by atoms with van der Waals surface area (Å²) in [4.78, 5) is 12.8. The molecule has 5 nitrogen and oxygen atoms in total. The van der Waals surface area contributed by atoms with Gasteiger partial charge in [-0.05, 0) is 23.7 Å². The lowest BCUT2D eigenvalue weighted by Gasteiger charge is -2.25. The van der Waals surface area contributed by atoms with Crippen LogP contribution in [-0.2, 0) is 4.74 Å². The number of para-hydroxylation sites is 1. The lowest BCUT2D eigenvalue weighted by Crippen LogP contribution is -2.37. The summed E-state index contributed by atoms with van der Waals surface area (Å²) in [6.45, 7) is 5.34. The summed E-state index contributed by atoms with van der Waals surface area (Å²) >= 11 is 1.59. The average molecular weight is 366 g/mol. The van der Waals surface area contributed by atoms with E-state index >= 15 is 0 Å². The normalized spacial score (nSPS) is 16.1. The van der Waals surface area contributed by atoms with Crippen LogP contribution in [0.15, 0.2) is 65.7 Å². The average Bonchev–Trinajstić information content (AvgIpc) is 3.14. The van der Waals surface area contributed by atoms with E-state index in [9.17, 15) is 0 Å². The molecule has 1 aliphatic rings. The standard InChI is InChI=1S/C20H22N4OS/c1-3-7-17(8-4-1)19-22-20(21-11-12-23-13-15-25-16-14-23)26-24(19)18-9-5-2-6-10-18/h1-10H,11-16H2/b21-20-. The molecule has 4 rings (SSSR count). The molecule has 6 heteroatoms. The second-order valence-corrected chi connectivity index (χ2v) is 7.05. The van der Waals surface area contributed by atoms with E-state index in [1.807, 2.05) is 36.4 Å². The summed E-state index contributed by atoms with van der Waals surface area (Å²) in [5.74, 6) is 0.937. The van der Waals surface area contributed by atoms with Crippen molar-refractivity contribution in [3.63, 3.8) is 0 Å². The van der Waals surface area contributed by atoms with Crippen LogP contribution in [0, 0.1) is 0 Å². The van der Waals surface area contributed by atoms with Gasteiger partial charge in [-0.1, -0.05) is 48.5 Å². The van der Waals surface area contributed by atoms with E-state index in [2.05, 4.69) is 33.1 Å². The van der Waals surface area contributed by atoms with E-state index in [1.165, 1.54) is 0 Å². The molecule has 0 spiro atoms. The van der Waals surface area contributed by atoms with Gasteiger partial charge in [-0.25, -0.2) is 3.96 Å². The zero-order chi connectivity index (χ0) is 17.6. The Hall–Kier alpha value is -2.28. The van der Waals surface area contributed by atoms with Gasteiger partial charge in [0.1, 0.15) is 0 Å². The van der Waals surface area contributed by atoms with Gasteiger partial charge in [0.25, 0.3) is 0 Å². The Bertz CT molecular complexity index is 823. The lowest BCUT2D eigenvalue weighted by atomic mass is 10.2. The summed E-state index contributed by atoms with van der Waals surface area (Å²) in [7, 11) is 0. The summed E-state index contributed by atoms with van der Waals surface area (Å²) in [6, 6.07) is 20.6. The first kappa shape index (κ1) is 17.1. The van der Waals surface area contributed by atoms with Gasteiger partial charge in [0.2, 0.25) is 4.80 Å². The van der Waals surface area contributed by atoms with Crippen molar-refractivity contribution in [1.82, 2.24) is 13.8 Å². The first-order chi connectivity index (χ1) is 12.9. The van der Waals surface area contributed by atoms with Gasteiger partial charge >= 0.3 is 0 Å². The Morgan fingerprint density at radius 3 is 2.38 bits per heavy atom. The van der Waals surface area contributed by atoms with Crippen LogP contribution in [0.5, 0.6) is 0 Å². The smallest absolute Gasteiger partial charge is 0.223 e. The van der Waals surface area contributed by atoms with E-state index in [4.69, 9.17) is 14.7 Å². The highest BCUT2D eigenvalue weighted by atomic mass is 32.1. The highest BCUT2D eigenvalue weighted by molar-refractivity contribution is 7.04. The summed E-state index contributed by atoms with van der Waals surface area (Å²) < 4.78 is 7.55. The zero-order valence-corrected chi connectivity index (χ0v) is 15.4. The second-order valence-electron chi connectivity index (χ2n) is 6.14. The zero-order valence-electron chi connectivity index (χ0n) is 14.6. The Morgan fingerprint density at radius 2 is 1.65 bits per heavy atom. The monoisotopic (exact) mass is 366 g/mol. The molecule has 2 heterocycles. The van der Waals surface area contributed by atoms with Crippen LogP contribution in [0.25, 0.3) is 17.1 Å². The molecule has 3 aromatic rings. The Balaban J connectivity index is 1.61. The minimum Gasteiger partial charge on any atom is -0.379 e. The molecular weight excluding hydrogens is 344 g/mol. The first-order valence-electron chi connectivity index (χ1n) is 8.92. The molecule has 0 unspecified atom stereocenters. The van der Waals surface area contributed by atoms with Crippen molar-refractivity contribution in [3.05, 3.63) is 65.5 Å². The van der Waals surface area contributed by atoms with E-state index in [0.29, 0.717) is 0 Å². The van der Waals surface area contributed by atoms with Crippen LogP contribution in [0.1, 0.15) is 0 Å². The Labute approximate surface area is 157 Å². The quantitative estimate of drug-likeness (QED) is 0.697. The number of rotatable bonds is 5. The first-order valence-corrected chi connectivity index (χ1v) is 9.69. The predicted octanol–water partition coefficient (Wildman–Crippen LogP) is 2.83. The molecule has 1 aliphatic heterocycles. The molecule has 0 saturated carbocycles. The minimum absolute atomic E-state index is 0.760. The molecule has 0 bridgehead atoms. The SMILES string of the molecule is c1ccc(-c2n/c(=N/CCN3CCOCC3)sn2-c2ccccc2)cc1. The maximum absolute atomic E-state index is 5.40. The molecule has 1 fully saturated rings. The van der Waals surface area contributed by atoms with Gasteiger partial charge in [-0.2, -0.15) is 4.98 Å². The molecule has 26 heavy (non-hydrogen) atoms. The fraction of sp³-hybridized carbons (Fsp3) is 0.300. The number of ether oxygens (including phenoxy) is 1. The number of nitrogens with zero attached hydrogens (tertiary/aromatic N) is 4. The predicted molar refractivity (Wildman–Crippen MR) is 105 cm³/mol. The topological polar surface area (TPSA) is 42.6 Å². The van der Waals surface area contributed by atoms with Gasteiger partial charge in [-0.15, -0.1) is 0 Å². The van der Waals surface area contributed by atoms with Gasteiger partial charge in [0.05, 0.1) is 25.4 Å². The molecule has 1 aromatic heterocycles. The van der Waals surface area contributed by atoms with E-state index in [-0.39, 0.29) is 0 Å². The van der Waals surface area contributed by atoms with Crippen molar-refractivity contribution in [1.29, 1.82) is 0 Å².